The molecule has 2 rings (SSSR count). The molecule has 0 aromatic heterocycles. The lowest BCUT2D eigenvalue weighted by Crippen LogP contribution is -2.47. The fourth-order valence-electron chi connectivity index (χ4n) is 3.53. The summed E-state index contributed by atoms with van der Waals surface area (Å²) in [5.74, 6) is 0.455. The minimum Gasteiger partial charge on any atom is -0.325 e. The molecule has 0 bridgehead atoms. The average Bonchev–Trinajstić information content (AvgIpc) is 2.28. The molecule has 1 aliphatic heterocycles. The number of hydrogen-bond acceptors (Lipinski definition) is 3. The maximum absolute atomic E-state index is 11.6. The molecule has 0 radical (unpaired) electrons. The maximum Gasteiger partial charge on any atom is 0.211 e. The highest BCUT2D eigenvalue weighted by Crippen LogP contribution is 2.34. The molecule has 0 spiro atoms. The summed E-state index contributed by atoms with van der Waals surface area (Å²) in [6.07, 6.45) is 10.4. The van der Waals surface area contributed by atoms with E-state index in [0.717, 1.165) is 32.1 Å². The molecule has 0 amide bonds. The zero-order chi connectivity index (χ0) is 13.2. The molecule has 106 valence electrons. The fraction of sp³-hybridized carbons (Fsp3) is 1.00. The Labute approximate surface area is 111 Å². The lowest BCUT2D eigenvalue weighted by molar-refractivity contribution is 0.183. The second kappa shape index (κ2) is 5.47. The molecule has 18 heavy (non-hydrogen) atoms. The Morgan fingerprint density at radius 3 is 2.50 bits per heavy atom. The molecule has 1 unspecified atom stereocenters. The van der Waals surface area contributed by atoms with E-state index in [1.165, 1.54) is 25.5 Å². The van der Waals surface area contributed by atoms with Gasteiger partial charge in [0.1, 0.15) is 0 Å². The first-order chi connectivity index (χ1) is 8.39. The Hall–Kier alpha value is -0.130. The summed E-state index contributed by atoms with van der Waals surface area (Å²) in [6.45, 7) is 1.37. The van der Waals surface area contributed by atoms with Crippen LogP contribution >= 0.6 is 0 Å². The van der Waals surface area contributed by atoms with E-state index in [4.69, 9.17) is 5.73 Å². The molecule has 5 heteroatoms. The number of rotatable bonds is 3. The van der Waals surface area contributed by atoms with Crippen LogP contribution in [0.15, 0.2) is 0 Å². The van der Waals surface area contributed by atoms with Crippen LogP contribution in [0.1, 0.15) is 51.4 Å². The van der Waals surface area contributed by atoms with Gasteiger partial charge >= 0.3 is 0 Å². The van der Waals surface area contributed by atoms with Crippen LogP contribution in [0.25, 0.3) is 0 Å². The Morgan fingerprint density at radius 2 is 1.89 bits per heavy atom. The van der Waals surface area contributed by atoms with Crippen molar-refractivity contribution < 1.29 is 8.42 Å². The Kier molecular flexibility index (Phi) is 4.34. The van der Waals surface area contributed by atoms with Gasteiger partial charge in [-0.1, -0.05) is 19.3 Å². The monoisotopic (exact) mass is 274 g/mol. The average molecular weight is 274 g/mol. The zero-order valence-corrected chi connectivity index (χ0v) is 12.2. The van der Waals surface area contributed by atoms with Crippen molar-refractivity contribution in [3.05, 3.63) is 0 Å². The molecular formula is C13H26N2O2S. The van der Waals surface area contributed by atoms with Crippen LogP contribution in [-0.2, 0) is 10.0 Å². The topological polar surface area (TPSA) is 63.4 Å². The van der Waals surface area contributed by atoms with Gasteiger partial charge in [-0.25, -0.2) is 12.7 Å². The first kappa shape index (κ1) is 14.3. The van der Waals surface area contributed by atoms with Gasteiger partial charge in [-0.05, 0) is 38.0 Å². The second-order valence-corrected chi connectivity index (χ2v) is 8.24. The summed E-state index contributed by atoms with van der Waals surface area (Å²) in [6, 6.07) is 0. The predicted octanol–water partition coefficient (Wildman–Crippen LogP) is 1.71. The van der Waals surface area contributed by atoms with Gasteiger partial charge in [0.2, 0.25) is 10.0 Å². The van der Waals surface area contributed by atoms with Gasteiger partial charge in [0, 0.05) is 18.6 Å². The van der Waals surface area contributed by atoms with Gasteiger partial charge in [-0.3, -0.25) is 0 Å². The highest BCUT2D eigenvalue weighted by Gasteiger charge is 2.33. The van der Waals surface area contributed by atoms with Crippen LogP contribution in [0.2, 0.25) is 0 Å². The van der Waals surface area contributed by atoms with Crippen molar-refractivity contribution in [2.45, 2.75) is 56.9 Å². The Morgan fingerprint density at radius 1 is 1.22 bits per heavy atom. The van der Waals surface area contributed by atoms with Crippen LogP contribution in [0.4, 0.5) is 0 Å². The molecule has 2 N–H and O–H groups in total. The molecular weight excluding hydrogens is 248 g/mol. The normalized spacial score (nSPS) is 30.2. The van der Waals surface area contributed by atoms with E-state index in [-0.39, 0.29) is 5.54 Å². The van der Waals surface area contributed by atoms with Gasteiger partial charge < -0.3 is 5.73 Å². The van der Waals surface area contributed by atoms with Crippen LogP contribution in [-0.4, -0.2) is 37.6 Å². The third-order valence-corrected chi connectivity index (χ3v) is 5.76. The number of piperidine rings is 1. The van der Waals surface area contributed by atoms with E-state index in [1.807, 2.05) is 0 Å². The van der Waals surface area contributed by atoms with E-state index < -0.39 is 10.0 Å². The number of sulfonamides is 1. The third-order valence-electron chi connectivity index (χ3n) is 4.50. The molecule has 0 aromatic carbocycles. The van der Waals surface area contributed by atoms with E-state index >= 15 is 0 Å². The summed E-state index contributed by atoms with van der Waals surface area (Å²) >= 11 is 0. The SMILES string of the molecule is CS(=O)(=O)N1CCCC(CC2(N)CCCCC2)C1. The highest BCUT2D eigenvalue weighted by molar-refractivity contribution is 7.88. The number of nitrogens with two attached hydrogens (primary N) is 1. The third kappa shape index (κ3) is 3.68. The smallest absolute Gasteiger partial charge is 0.211 e. The number of hydrogen-bond donors (Lipinski definition) is 1. The summed E-state index contributed by atoms with van der Waals surface area (Å²) in [4.78, 5) is 0. The molecule has 0 aromatic rings. The molecule has 1 heterocycles. The second-order valence-electron chi connectivity index (χ2n) is 6.26. The summed E-state index contributed by atoms with van der Waals surface area (Å²) in [7, 11) is -3.03. The largest absolute Gasteiger partial charge is 0.325 e. The molecule has 4 nitrogen and oxygen atoms in total. The standard InChI is InChI=1S/C13H26N2O2S/c1-18(16,17)15-9-5-6-12(11-15)10-13(14)7-3-2-4-8-13/h12H,2-11,14H2,1H3. The van der Waals surface area contributed by atoms with Crippen molar-refractivity contribution in [1.82, 2.24) is 4.31 Å². The Bertz CT molecular complexity index is 374. The van der Waals surface area contributed by atoms with Crippen LogP contribution in [0, 0.1) is 5.92 Å². The van der Waals surface area contributed by atoms with Crippen LogP contribution in [0.3, 0.4) is 0 Å². The lowest BCUT2D eigenvalue weighted by Gasteiger charge is -2.39. The Balaban J connectivity index is 1.93. The highest BCUT2D eigenvalue weighted by atomic mass is 32.2. The van der Waals surface area contributed by atoms with Crippen LogP contribution in [0.5, 0.6) is 0 Å². The van der Waals surface area contributed by atoms with Gasteiger partial charge in [0.05, 0.1) is 6.26 Å². The van der Waals surface area contributed by atoms with Crippen molar-refractivity contribution in [3.63, 3.8) is 0 Å². The van der Waals surface area contributed by atoms with Crippen molar-refractivity contribution in [2.24, 2.45) is 11.7 Å². The maximum atomic E-state index is 11.6. The first-order valence-electron chi connectivity index (χ1n) is 7.13. The first-order valence-corrected chi connectivity index (χ1v) is 8.98. The number of nitrogens with zero attached hydrogens (tertiary/aromatic N) is 1. The van der Waals surface area contributed by atoms with E-state index in [9.17, 15) is 8.42 Å². The molecule has 1 atom stereocenters. The quantitative estimate of drug-likeness (QED) is 0.852. The van der Waals surface area contributed by atoms with Gasteiger partial charge in [0.15, 0.2) is 0 Å². The van der Waals surface area contributed by atoms with Crippen LogP contribution < -0.4 is 5.73 Å². The van der Waals surface area contributed by atoms with Crippen molar-refractivity contribution >= 4 is 10.0 Å². The zero-order valence-electron chi connectivity index (χ0n) is 11.4. The molecule has 1 aliphatic carbocycles. The molecule has 2 aliphatic rings. The van der Waals surface area contributed by atoms with Crippen molar-refractivity contribution in [1.29, 1.82) is 0 Å². The van der Waals surface area contributed by atoms with E-state index in [0.29, 0.717) is 19.0 Å². The molecule has 1 saturated carbocycles. The van der Waals surface area contributed by atoms with Gasteiger partial charge in [-0.15, -0.1) is 0 Å². The summed E-state index contributed by atoms with van der Waals surface area (Å²) in [5.41, 5.74) is 6.45. The predicted molar refractivity (Wildman–Crippen MR) is 73.8 cm³/mol. The fourth-order valence-corrected chi connectivity index (χ4v) is 4.47. The van der Waals surface area contributed by atoms with E-state index in [2.05, 4.69) is 0 Å². The van der Waals surface area contributed by atoms with Gasteiger partial charge in [0.25, 0.3) is 0 Å². The van der Waals surface area contributed by atoms with Gasteiger partial charge in [-0.2, -0.15) is 0 Å². The summed E-state index contributed by atoms with van der Waals surface area (Å²) < 4.78 is 24.8. The van der Waals surface area contributed by atoms with Crippen molar-refractivity contribution in [2.75, 3.05) is 19.3 Å². The molecule has 1 saturated heterocycles. The minimum absolute atomic E-state index is 0.0244. The van der Waals surface area contributed by atoms with Crippen molar-refractivity contribution in [3.8, 4) is 0 Å². The minimum atomic E-state index is -3.03. The lowest BCUT2D eigenvalue weighted by atomic mass is 9.75. The molecule has 2 fully saturated rings. The van der Waals surface area contributed by atoms with E-state index in [1.54, 1.807) is 4.31 Å². The summed E-state index contributed by atoms with van der Waals surface area (Å²) in [5, 5.41) is 0.